The molecule has 7 heteroatoms. The number of carbonyl (C=O) groups is 2. The van der Waals surface area contributed by atoms with E-state index in [0.717, 1.165) is 0 Å². The van der Waals surface area contributed by atoms with Crippen LogP contribution in [0.15, 0.2) is 18.2 Å². The monoisotopic (exact) mass is 276 g/mol. The van der Waals surface area contributed by atoms with Crippen LogP contribution in [-0.2, 0) is 11.3 Å². The van der Waals surface area contributed by atoms with Crippen molar-refractivity contribution in [3.05, 3.63) is 23.8 Å². The molecule has 1 amide bonds. The van der Waals surface area contributed by atoms with Crippen molar-refractivity contribution in [1.82, 2.24) is 20.3 Å². The molecule has 1 heterocycles. The number of hydrogen-bond acceptors (Lipinski definition) is 4. The fraction of sp³-hybridized carbons (Fsp3) is 0.385. The van der Waals surface area contributed by atoms with Gasteiger partial charge in [0.1, 0.15) is 5.52 Å². The Bertz CT molecular complexity index is 648. The molecule has 20 heavy (non-hydrogen) atoms. The number of aryl methyl sites for hydroxylation is 1. The van der Waals surface area contributed by atoms with Crippen LogP contribution in [0.5, 0.6) is 0 Å². The molecule has 2 rings (SSSR count). The third-order valence-corrected chi connectivity index (χ3v) is 2.78. The second-order valence-electron chi connectivity index (χ2n) is 4.76. The van der Waals surface area contributed by atoms with Crippen molar-refractivity contribution < 1.29 is 14.7 Å². The molecule has 0 saturated heterocycles. The van der Waals surface area contributed by atoms with Gasteiger partial charge in [-0.05, 0) is 26.0 Å². The molecule has 2 aromatic rings. The Morgan fingerprint density at radius 3 is 2.80 bits per heavy atom. The lowest BCUT2D eigenvalue weighted by atomic mass is 10.2. The number of benzene rings is 1. The van der Waals surface area contributed by atoms with Gasteiger partial charge in [0.2, 0.25) is 5.91 Å². The van der Waals surface area contributed by atoms with Crippen LogP contribution in [0.3, 0.4) is 0 Å². The molecule has 1 aromatic carbocycles. The first-order valence-corrected chi connectivity index (χ1v) is 6.34. The summed E-state index contributed by atoms with van der Waals surface area (Å²) >= 11 is 0. The average Bonchev–Trinajstić information content (AvgIpc) is 2.78. The highest BCUT2D eigenvalue weighted by Gasteiger charge is 2.14. The van der Waals surface area contributed by atoms with E-state index in [1.807, 2.05) is 13.8 Å². The van der Waals surface area contributed by atoms with E-state index in [-0.39, 0.29) is 23.9 Å². The number of carboxylic acid groups (broad SMARTS) is 1. The highest BCUT2D eigenvalue weighted by molar-refractivity contribution is 6.00. The molecule has 0 aliphatic carbocycles. The number of aromatic nitrogens is 3. The number of amides is 1. The first-order chi connectivity index (χ1) is 9.49. The molecular weight excluding hydrogens is 260 g/mol. The second-order valence-corrected chi connectivity index (χ2v) is 4.76. The Morgan fingerprint density at radius 1 is 1.40 bits per heavy atom. The first-order valence-electron chi connectivity index (χ1n) is 6.34. The van der Waals surface area contributed by atoms with Crippen LogP contribution in [0.1, 0.15) is 30.6 Å². The zero-order valence-corrected chi connectivity index (χ0v) is 11.3. The Hall–Kier alpha value is -2.44. The summed E-state index contributed by atoms with van der Waals surface area (Å²) in [4.78, 5) is 22.7. The normalized spacial score (nSPS) is 10.9. The zero-order chi connectivity index (χ0) is 14.7. The minimum atomic E-state index is -1.04. The molecule has 0 saturated carbocycles. The molecule has 0 unspecified atom stereocenters. The number of fused-ring (bicyclic) bond motifs is 1. The highest BCUT2D eigenvalue weighted by Crippen LogP contribution is 2.16. The van der Waals surface area contributed by atoms with Crippen molar-refractivity contribution >= 4 is 22.9 Å². The van der Waals surface area contributed by atoms with Crippen molar-refractivity contribution in [1.29, 1.82) is 0 Å². The molecule has 0 aliphatic heterocycles. The van der Waals surface area contributed by atoms with Gasteiger partial charge in [0.05, 0.1) is 17.6 Å². The minimum absolute atomic E-state index is 0.0713. The van der Waals surface area contributed by atoms with E-state index in [1.54, 1.807) is 16.8 Å². The van der Waals surface area contributed by atoms with Gasteiger partial charge in [-0.25, -0.2) is 9.48 Å². The second kappa shape index (κ2) is 5.68. The van der Waals surface area contributed by atoms with E-state index < -0.39 is 5.97 Å². The van der Waals surface area contributed by atoms with Crippen LogP contribution in [0.4, 0.5) is 0 Å². The molecule has 106 valence electrons. The van der Waals surface area contributed by atoms with Crippen molar-refractivity contribution in [3.8, 4) is 0 Å². The molecule has 0 atom stereocenters. The largest absolute Gasteiger partial charge is 0.478 e. The predicted octanol–water partition coefficient (Wildman–Crippen LogP) is 1.04. The average molecular weight is 276 g/mol. The van der Waals surface area contributed by atoms with Crippen molar-refractivity contribution in [2.24, 2.45) is 0 Å². The van der Waals surface area contributed by atoms with Gasteiger partial charge < -0.3 is 10.4 Å². The van der Waals surface area contributed by atoms with Gasteiger partial charge in [0.15, 0.2) is 0 Å². The Kier molecular flexibility index (Phi) is 3.97. The zero-order valence-electron chi connectivity index (χ0n) is 11.3. The number of aromatic carboxylic acids is 1. The summed E-state index contributed by atoms with van der Waals surface area (Å²) in [6, 6.07) is 4.95. The molecule has 0 fully saturated rings. The van der Waals surface area contributed by atoms with Gasteiger partial charge in [-0.3, -0.25) is 4.79 Å². The minimum Gasteiger partial charge on any atom is -0.478 e. The molecule has 2 N–H and O–H groups in total. The van der Waals surface area contributed by atoms with Crippen molar-refractivity contribution in [2.45, 2.75) is 32.9 Å². The third kappa shape index (κ3) is 2.93. The van der Waals surface area contributed by atoms with E-state index in [2.05, 4.69) is 15.6 Å². The standard InChI is InChI=1S/C13H16N4O3/c1-8(2)14-11(18)6-7-17-10-5-3-4-9(13(19)20)12(10)15-16-17/h3-5,8H,6-7H2,1-2H3,(H,14,18)(H,19,20). The Balaban J connectivity index is 2.18. The lowest BCUT2D eigenvalue weighted by Crippen LogP contribution is -2.30. The molecule has 0 spiro atoms. The maximum absolute atomic E-state index is 11.6. The lowest BCUT2D eigenvalue weighted by Gasteiger charge is -2.08. The lowest BCUT2D eigenvalue weighted by molar-refractivity contribution is -0.121. The van der Waals surface area contributed by atoms with Gasteiger partial charge in [-0.1, -0.05) is 11.3 Å². The fourth-order valence-corrected chi connectivity index (χ4v) is 1.93. The van der Waals surface area contributed by atoms with Gasteiger partial charge in [0.25, 0.3) is 0 Å². The number of hydrogen-bond donors (Lipinski definition) is 2. The maximum atomic E-state index is 11.6. The summed E-state index contributed by atoms with van der Waals surface area (Å²) < 4.78 is 1.54. The summed E-state index contributed by atoms with van der Waals surface area (Å²) in [5.41, 5.74) is 1.06. The van der Waals surface area contributed by atoms with E-state index in [1.165, 1.54) is 6.07 Å². The SMILES string of the molecule is CC(C)NC(=O)CCn1nnc2c(C(=O)O)cccc21. The number of nitrogens with zero attached hydrogens (tertiary/aromatic N) is 3. The molecule has 0 radical (unpaired) electrons. The number of rotatable bonds is 5. The Labute approximate surface area is 115 Å². The highest BCUT2D eigenvalue weighted by atomic mass is 16.4. The molecule has 0 bridgehead atoms. The topological polar surface area (TPSA) is 97.1 Å². The summed E-state index contributed by atoms with van der Waals surface area (Å²) in [5, 5.41) is 19.6. The fourth-order valence-electron chi connectivity index (χ4n) is 1.93. The molecule has 1 aromatic heterocycles. The molecule has 7 nitrogen and oxygen atoms in total. The van der Waals surface area contributed by atoms with Gasteiger partial charge in [-0.2, -0.15) is 0 Å². The quantitative estimate of drug-likeness (QED) is 0.850. The maximum Gasteiger partial charge on any atom is 0.338 e. The van der Waals surface area contributed by atoms with Crippen LogP contribution >= 0.6 is 0 Å². The van der Waals surface area contributed by atoms with Crippen LogP contribution < -0.4 is 5.32 Å². The van der Waals surface area contributed by atoms with Gasteiger partial charge >= 0.3 is 5.97 Å². The van der Waals surface area contributed by atoms with E-state index in [9.17, 15) is 9.59 Å². The van der Waals surface area contributed by atoms with Crippen LogP contribution in [0, 0.1) is 0 Å². The van der Waals surface area contributed by atoms with E-state index in [4.69, 9.17) is 5.11 Å². The molecule has 0 aliphatic rings. The van der Waals surface area contributed by atoms with Crippen molar-refractivity contribution in [2.75, 3.05) is 0 Å². The van der Waals surface area contributed by atoms with Crippen LogP contribution in [0.2, 0.25) is 0 Å². The summed E-state index contributed by atoms with van der Waals surface area (Å²) in [7, 11) is 0. The third-order valence-electron chi connectivity index (χ3n) is 2.78. The smallest absolute Gasteiger partial charge is 0.338 e. The molecular formula is C13H16N4O3. The Morgan fingerprint density at radius 2 is 2.15 bits per heavy atom. The van der Waals surface area contributed by atoms with Gasteiger partial charge in [-0.15, -0.1) is 5.10 Å². The van der Waals surface area contributed by atoms with E-state index in [0.29, 0.717) is 17.6 Å². The predicted molar refractivity (Wildman–Crippen MR) is 72.4 cm³/mol. The first kappa shape index (κ1) is 14.0. The summed E-state index contributed by atoms with van der Waals surface area (Å²) in [6.07, 6.45) is 0.272. The summed E-state index contributed by atoms with van der Waals surface area (Å²) in [6.45, 7) is 4.14. The number of carbonyl (C=O) groups excluding carboxylic acids is 1. The van der Waals surface area contributed by atoms with Crippen LogP contribution in [-0.4, -0.2) is 38.0 Å². The summed E-state index contributed by atoms with van der Waals surface area (Å²) in [5.74, 6) is -1.11. The van der Waals surface area contributed by atoms with Crippen molar-refractivity contribution in [3.63, 3.8) is 0 Å². The van der Waals surface area contributed by atoms with Crippen LogP contribution in [0.25, 0.3) is 11.0 Å². The van der Waals surface area contributed by atoms with E-state index >= 15 is 0 Å². The van der Waals surface area contributed by atoms with Gasteiger partial charge in [0, 0.05) is 12.5 Å². The number of carboxylic acids is 1. The number of nitrogens with one attached hydrogen (secondary N) is 1.